The molecule has 0 atom stereocenters. The molecule has 1 aliphatic rings. The Labute approximate surface area is 317 Å². The molecule has 0 aliphatic heterocycles. The van der Waals surface area contributed by atoms with Crippen LogP contribution in [0, 0.1) is 0 Å². The highest BCUT2D eigenvalue weighted by atomic mass is 15.1. The lowest BCUT2D eigenvalue weighted by Gasteiger charge is -2.30. The van der Waals surface area contributed by atoms with E-state index in [1.54, 1.807) is 0 Å². The van der Waals surface area contributed by atoms with Crippen molar-refractivity contribution in [3.63, 3.8) is 0 Å². The summed E-state index contributed by atoms with van der Waals surface area (Å²) in [5.41, 5.74) is 16.0. The van der Waals surface area contributed by atoms with Crippen molar-refractivity contribution in [3.05, 3.63) is 211 Å². The summed E-state index contributed by atoms with van der Waals surface area (Å²) >= 11 is 0. The smallest absolute Gasteiger partial charge is 0.0549 e. The third kappa shape index (κ3) is 5.24. The molecule has 54 heavy (non-hydrogen) atoms. The maximum atomic E-state index is 2.47. The Morgan fingerprint density at radius 2 is 0.852 bits per heavy atom. The Morgan fingerprint density at radius 1 is 0.370 bits per heavy atom. The quantitative estimate of drug-likeness (QED) is 0.168. The molecule has 0 radical (unpaired) electrons. The molecule has 0 unspecified atom stereocenters. The van der Waals surface area contributed by atoms with Crippen molar-refractivity contribution in [1.82, 2.24) is 0 Å². The maximum absolute atomic E-state index is 2.47. The van der Waals surface area contributed by atoms with E-state index >= 15 is 0 Å². The number of hydrogen-bond donors (Lipinski definition) is 0. The van der Waals surface area contributed by atoms with Crippen molar-refractivity contribution in [2.24, 2.45) is 0 Å². The van der Waals surface area contributed by atoms with Crippen molar-refractivity contribution >= 4 is 38.6 Å². The molecule has 1 nitrogen and oxygen atoms in total. The molecule has 256 valence electrons. The average Bonchev–Trinajstić information content (AvgIpc) is 3.48. The number of rotatable bonds is 6. The van der Waals surface area contributed by atoms with Gasteiger partial charge in [0.2, 0.25) is 0 Å². The van der Waals surface area contributed by atoms with Crippen LogP contribution in [0.25, 0.3) is 66.1 Å². The van der Waals surface area contributed by atoms with Crippen molar-refractivity contribution in [2.75, 3.05) is 4.90 Å². The molecule has 0 bridgehead atoms. The first-order valence-electron chi connectivity index (χ1n) is 18.8. The van der Waals surface area contributed by atoms with E-state index < -0.39 is 0 Å². The highest BCUT2D eigenvalue weighted by Crippen LogP contribution is 2.56. The van der Waals surface area contributed by atoms with Gasteiger partial charge in [-0.2, -0.15) is 0 Å². The molecular formula is C53H39N. The molecule has 9 aromatic carbocycles. The first-order chi connectivity index (χ1) is 26.5. The zero-order chi connectivity index (χ0) is 36.2. The number of benzene rings is 9. The van der Waals surface area contributed by atoms with Crippen molar-refractivity contribution in [3.8, 4) is 44.5 Å². The van der Waals surface area contributed by atoms with Gasteiger partial charge in [-0.15, -0.1) is 0 Å². The van der Waals surface area contributed by atoms with Crippen LogP contribution in [-0.4, -0.2) is 0 Å². The highest BCUT2D eigenvalue weighted by molar-refractivity contribution is 6.06. The first kappa shape index (κ1) is 32.0. The molecular weight excluding hydrogens is 651 g/mol. The van der Waals surface area contributed by atoms with Crippen LogP contribution in [0.5, 0.6) is 0 Å². The minimum absolute atomic E-state index is 0.152. The van der Waals surface area contributed by atoms with Gasteiger partial charge in [0.1, 0.15) is 0 Å². The van der Waals surface area contributed by atoms with Crippen LogP contribution in [0.1, 0.15) is 25.0 Å². The van der Waals surface area contributed by atoms with Crippen molar-refractivity contribution < 1.29 is 0 Å². The Morgan fingerprint density at radius 3 is 1.54 bits per heavy atom. The largest absolute Gasteiger partial charge is 0.310 e. The number of nitrogens with zero attached hydrogens (tertiary/aromatic N) is 1. The lowest BCUT2D eigenvalue weighted by atomic mass is 9.80. The molecule has 0 spiro atoms. The predicted octanol–water partition coefficient (Wildman–Crippen LogP) is 14.8. The second-order valence-corrected chi connectivity index (χ2v) is 14.9. The van der Waals surface area contributed by atoms with Crippen LogP contribution in [0.4, 0.5) is 17.1 Å². The van der Waals surface area contributed by atoms with E-state index in [0.717, 1.165) is 11.4 Å². The van der Waals surface area contributed by atoms with E-state index in [-0.39, 0.29) is 5.41 Å². The number of fused-ring (bicyclic) bond motifs is 6. The van der Waals surface area contributed by atoms with Gasteiger partial charge in [-0.3, -0.25) is 0 Å². The molecule has 0 amide bonds. The van der Waals surface area contributed by atoms with E-state index in [1.807, 2.05) is 0 Å². The molecule has 0 aromatic heterocycles. The van der Waals surface area contributed by atoms with Crippen LogP contribution >= 0.6 is 0 Å². The summed E-state index contributed by atoms with van der Waals surface area (Å²) in [4.78, 5) is 2.47. The van der Waals surface area contributed by atoms with Gasteiger partial charge >= 0.3 is 0 Å². The Hall–Kier alpha value is -6.70. The second kappa shape index (κ2) is 12.8. The topological polar surface area (TPSA) is 3.24 Å². The molecule has 0 saturated heterocycles. The fraction of sp³-hybridized carbons (Fsp3) is 0.0566. The summed E-state index contributed by atoms with van der Waals surface area (Å²) < 4.78 is 0. The Balaban J connectivity index is 1.14. The normalized spacial score (nSPS) is 12.8. The van der Waals surface area contributed by atoms with E-state index in [2.05, 4.69) is 219 Å². The summed E-state index contributed by atoms with van der Waals surface area (Å²) in [7, 11) is 0. The van der Waals surface area contributed by atoms with E-state index in [1.165, 1.54) is 82.9 Å². The molecule has 0 saturated carbocycles. The van der Waals surface area contributed by atoms with Gasteiger partial charge in [0, 0.05) is 22.4 Å². The molecule has 0 fully saturated rings. The second-order valence-electron chi connectivity index (χ2n) is 14.9. The zero-order valence-corrected chi connectivity index (χ0v) is 30.5. The van der Waals surface area contributed by atoms with Gasteiger partial charge in [-0.25, -0.2) is 0 Å². The molecule has 1 heteroatoms. The summed E-state index contributed by atoms with van der Waals surface area (Å²) in [5, 5.41) is 5.09. The Kier molecular flexibility index (Phi) is 7.56. The Bertz CT molecular complexity index is 2810. The molecule has 1 aliphatic carbocycles. The minimum atomic E-state index is -0.152. The first-order valence-corrected chi connectivity index (χ1v) is 18.8. The lowest BCUT2D eigenvalue weighted by molar-refractivity contribution is 0.666. The lowest BCUT2D eigenvalue weighted by Crippen LogP contribution is -2.16. The summed E-state index contributed by atoms with van der Waals surface area (Å²) in [6, 6.07) is 73.3. The molecule has 0 N–H and O–H groups in total. The summed E-state index contributed by atoms with van der Waals surface area (Å²) in [6.45, 7) is 4.77. The van der Waals surface area contributed by atoms with E-state index in [0.29, 0.717) is 0 Å². The van der Waals surface area contributed by atoms with E-state index in [4.69, 9.17) is 0 Å². The predicted molar refractivity (Wildman–Crippen MR) is 230 cm³/mol. The standard InChI is InChI=1S/C53H39N/c1-53(2)49-22-11-10-20-48(49)51-50(35-42-16-7-9-19-47(42)52(51)53)54(44-33-29-41(30-34-44)46-21-12-17-40-15-6-8-18-45(40)46)43-31-27-39(28-32-43)38-25-23-37(24-26-38)36-13-4-3-5-14-36/h3-35H,1-2H3. The van der Waals surface area contributed by atoms with Gasteiger partial charge in [0.15, 0.2) is 0 Å². The third-order valence-corrected chi connectivity index (χ3v) is 11.4. The number of hydrogen-bond acceptors (Lipinski definition) is 1. The molecule has 9 aromatic rings. The van der Waals surface area contributed by atoms with Gasteiger partial charge < -0.3 is 4.90 Å². The molecule has 10 rings (SSSR count). The van der Waals surface area contributed by atoms with Crippen LogP contribution in [0.3, 0.4) is 0 Å². The minimum Gasteiger partial charge on any atom is -0.310 e. The summed E-state index contributed by atoms with van der Waals surface area (Å²) in [5.74, 6) is 0. The maximum Gasteiger partial charge on any atom is 0.0549 e. The van der Waals surface area contributed by atoms with Crippen LogP contribution in [0.15, 0.2) is 200 Å². The van der Waals surface area contributed by atoms with Gasteiger partial charge in [-0.05, 0) is 102 Å². The van der Waals surface area contributed by atoms with Crippen molar-refractivity contribution in [1.29, 1.82) is 0 Å². The van der Waals surface area contributed by atoms with Crippen LogP contribution in [0.2, 0.25) is 0 Å². The van der Waals surface area contributed by atoms with Crippen molar-refractivity contribution in [2.45, 2.75) is 19.3 Å². The monoisotopic (exact) mass is 689 g/mol. The van der Waals surface area contributed by atoms with Gasteiger partial charge in [-0.1, -0.05) is 184 Å². The third-order valence-electron chi connectivity index (χ3n) is 11.4. The van der Waals surface area contributed by atoms with Crippen LogP contribution < -0.4 is 4.90 Å². The fourth-order valence-electron chi connectivity index (χ4n) is 8.79. The average molecular weight is 690 g/mol. The van der Waals surface area contributed by atoms with Gasteiger partial charge in [0.25, 0.3) is 0 Å². The number of anilines is 3. The van der Waals surface area contributed by atoms with Gasteiger partial charge in [0.05, 0.1) is 5.69 Å². The SMILES string of the molecule is CC1(C)c2ccccc2-c2c(N(c3ccc(-c4ccc(-c5ccccc5)cc4)cc3)c3ccc(-c4cccc5ccccc45)cc3)cc3ccccc3c21. The van der Waals surface area contributed by atoms with Crippen LogP contribution in [-0.2, 0) is 5.41 Å². The molecule has 0 heterocycles. The summed E-state index contributed by atoms with van der Waals surface area (Å²) in [6.07, 6.45) is 0. The zero-order valence-electron chi connectivity index (χ0n) is 30.5. The highest BCUT2D eigenvalue weighted by Gasteiger charge is 2.39. The fourth-order valence-corrected chi connectivity index (χ4v) is 8.79. The van der Waals surface area contributed by atoms with E-state index in [9.17, 15) is 0 Å².